The van der Waals surface area contributed by atoms with E-state index in [4.69, 9.17) is 11.6 Å². The Hall–Kier alpha value is -2.53. The van der Waals surface area contributed by atoms with Gasteiger partial charge in [-0.05, 0) is 48.2 Å². The number of aryl methyl sites for hydroxylation is 1. The molecule has 1 aliphatic heterocycles. The van der Waals surface area contributed by atoms with E-state index in [1.54, 1.807) is 12.1 Å². The summed E-state index contributed by atoms with van der Waals surface area (Å²) in [6.07, 6.45) is 1.72. The first kappa shape index (κ1) is 16.3. The van der Waals surface area contributed by atoms with E-state index in [-0.39, 0.29) is 11.9 Å². The summed E-state index contributed by atoms with van der Waals surface area (Å²) in [6, 6.07) is 12.8. The SMILES string of the molecule is O=C1NCc2ccc(C(=O)NCCCc3ccc(Cl)cc3)cc2N1. The number of urea groups is 1. The van der Waals surface area contributed by atoms with Gasteiger partial charge in [-0.1, -0.05) is 29.8 Å². The van der Waals surface area contributed by atoms with E-state index >= 15 is 0 Å². The summed E-state index contributed by atoms with van der Waals surface area (Å²) in [5.41, 5.74) is 3.39. The molecule has 5 nitrogen and oxygen atoms in total. The fourth-order valence-corrected chi connectivity index (χ4v) is 2.70. The third kappa shape index (κ3) is 4.06. The number of fused-ring (bicyclic) bond motifs is 1. The van der Waals surface area contributed by atoms with Crippen LogP contribution in [-0.4, -0.2) is 18.5 Å². The highest BCUT2D eigenvalue weighted by atomic mass is 35.5. The molecule has 0 atom stereocenters. The normalized spacial score (nSPS) is 12.8. The van der Waals surface area contributed by atoms with Crippen LogP contribution >= 0.6 is 11.6 Å². The molecule has 24 heavy (non-hydrogen) atoms. The van der Waals surface area contributed by atoms with Crippen molar-refractivity contribution >= 4 is 29.2 Å². The van der Waals surface area contributed by atoms with Crippen molar-refractivity contribution in [2.75, 3.05) is 11.9 Å². The highest BCUT2D eigenvalue weighted by Gasteiger charge is 2.15. The van der Waals surface area contributed by atoms with Gasteiger partial charge in [0.05, 0.1) is 0 Å². The molecule has 3 amide bonds. The molecule has 0 unspecified atom stereocenters. The summed E-state index contributed by atoms with van der Waals surface area (Å²) in [5.74, 6) is -0.137. The lowest BCUT2D eigenvalue weighted by Crippen LogP contribution is -2.33. The number of nitrogens with one attached hydrogen (secondary N) is 3. The predicted molar refractivity (Wildman–Crippen MR) is 94.4 cm³/mol. The minimum atomic E-state index is -0.247. The zero-order valence-electron chi connectivity index (χ0n) is 13.1. The molecule has 0 saturated carbocycles. The second-order valence-corrected chi connectivity index (χ2v) is 6.10. The molecule has 3 rings (SSSR count). The van der Waals surface area contributed by atoms with Crippen LogP contribution in [0.15, 0.2) is 42.5 Å². The van der Waals surface area contributed by atoms with Crippen molar-refractivity contribution in [3.8, 4) is 0 Å². The first-order valence-corrected chi connectivity index (χ1v) is 8.20. The highest BCUT2D eigenvalue weighted by molar-refractivity contribution is 6.30. The van der Waals surface area contributed by atoms with Crippen LogP contribution in [0.2, 0.25) is 5.02 Å². The molecule has 0 aromatic heterocycles. The van der Waals surface area contributed by atoms with Crippen molar-refractivity contribution in [2.24, 2.45) is 0 Å². The van der Waals surface area contributed by atoms with Crippen LogP contribution < -0.4 is 16.0 Å². The van der Waals surface area contributed by atoms with Crippen molar-refractivity contribution in [1.82, 2.24) is 10.6 Å². The Morgan fingerprint density at radius 3 is 2.75 bits per heavy atom. The van der Waals surface area contributed by atoms with Gasteiger partial charge in [0, 0.05) is 29.4 Å². The number of benzene rings is 2. The lowest BCUT2D eigenvalue weighted by molar-refractivity contribution is 0.0953. The van der Waals surface area contributed by atoms with Gasteiger partial charge in [-0.3, -0.25) is 4.79 Å². The maximum Gasteiger partial charge on any atom is 0.319 e. The topological polar surface area (TPSA) is 70.2 Å². The zero-order valence-corrected chi connectivity index (χ0v) is 13.8. The molecule has 0 spiro atoms. The number of halogens is 1. The van der Waals surface area contributed by atoms with Gasteiger partial charge in [-0.15, -0.1) is 0 Å². The molecule has 3 N–H and O–H groups in total. The number of amides is 3. The molecule has 0 saturated heterocycles. The Labute approximate surface area is 145 Å². The molecule has 0 aliphatic carbocycles. The average Bonchev–Trinajstić information content (AvgIpc) is 2.59. The van der Waals surface area contributed by atoms with Gasteiger partial charge >= 0.3 is 6.03 Å². The fraction of sp³-hybridized carbons (Fsp3) is 0.222. The Morgan fingerprint density at radius 1 is 1.17 bits per heavy atom. The molecule has 0 fully saturated rings. The smallest absolute Gasteiger partial charge is 0.319 e. The van der Waals surface area contributed by atoms with Crippen molar-refractivity contribution in [2.45, 2.75) is 19.4 Å². The molecule has 0 radical (unpaired) electrons. The largest absolute Gasteiger partial charge is 0.352 e. The lowest BCUT2D eigenvalue weighted by atomic mass is 10.1. The third-order valence-electron chi connectivity index (χ3n) is 3.90. The van der Waals surface area contributed by atoms with Crippen LogP contribution in [0.5, 0.6) is 0 Å². The molecule has 6 heteroatoms. The van der Waals surface area contributed by atoms with Crippen LogP contribution in [0.25, 0.3) is 0 Å². The Kier molecular flexibility index (Phi) is 5.01. The number of hydrogen-bond acceptors (Lipinski definition) is 2. The standard InChI is InChI=1S/C18H18ClN3O2/c19-15-7-3-12(4-8-15)2-1-9-20-17(23)13-5-6-14-11-21-18(24)22-16(14)10-13/h3-8,10H,1-2,9,11H2,(H,20,23)(H2,21,22,24). The minimum Gasteiger partial charge on any atom is -0.352 e. The Morgan fingerprint density at radius 2 is 1.96 bits per heavy atom. The van der Waals surface area contributed by atoms with E-state index in [2.05, 4.69) is 16.0 Å². The molecular formula is C18H18ClN3O2. The number of hydrogen-bond donors (Lipinski definition) is 3. The van der Waals surface area contributed by atoms with E-state index in [9.17, 15) is 9.59 Å². The van der Waals surface area contributed by atoms with Gasteiger partial charge in [-0.25, -0.2) is 4.79 Å². The monoisotopic (exact) mass is 343 g/mol. The van der Waals surface area contributed by atoms with E-state index in [1.165, 1.54) is 5.56 Å². The first-order chi connectivity index (χ1) is 11.6. The summed E-state index contributed by atoms with van der Waals surface area (Å²) in [5, 5.41) is 9.03. The second kappa shape index (κ2) is 7.36. The Bertz CT molecular complexity index is 759. The van der Waals surface area contributed by atoms with E-state index in [1.807, 2.05) is 30.3 Å². The fourth-order valence-electron chi connectivity index (χ4n) is 2.58. The summed E-state index contributed by atoms with van der Waals surface area (Å²) >= 11 is 5.85. The number of anilines is 1. The van der Waals surface area contributed by atoms with Gasteiger partial charge in [0.2, 0.25) is 0 Å². The molecule has 2 aromatic rings. The minimum absolute atomic E-state index is 0.137. The quantitative estimate of drug-likeness (QED) is 0.729. The van der Waals surface area contributed by atoms with Gasteiger partial charge in [0.1, 0.15) is 0 Å². The number of carbonyl (C=O) groups is 2. The van der Waals surface area contributed by atoms with Gasteiger partial charge < -0.3 is 16.0 Å². The third-order valence-corrected chi connectivity index (χ3v) is 4.15. The van der Waals surface area contributed by atoms with Crippen molar-refractivity contribution in [3.05, 3.63) is 64.2 Å². The van der Waals surface area contributed by atoms with E-state index in [0.29, 0.717) is 24.3 Å². The maximum atomic E-state index is 12.2. The number of carbonyl (C=O) groups excluding carboxylic acids is 2. The van der Waals surface area contributed by atoms with E-state index < -0.39 is 0 Å². The van der Waals surface area contributed by atoms with Crippen LogP contribution in [0.4, 0.5) is 10.5 Å². The van der Waals surface area contributed by atoms with Crippen molar-refractivity contribution in [3.63, 3.8) is 0 Å². The second-order valence-electron chi connectivity index (χ2n) is 5.67. The average molecular weight is 344 g/mol. The summed E-state index contributed by atoms with van der Waals surface area (Å²) in [7, 11) is 0. The van der Waals surface area contributed by atoms with Crippen molar-refractivity contribution < 1.29 is 9.59 Å². The molecular weight excluding hydrogens is 326 g/mol. The maximum absolute atomic E-state index is 12.2. The lowest BCUT2D eigenvalue weighted by Gasteiger charge is -2.18. The first-order valence-electron chi connectivity index (χ1n) is 7.82. The molecule has 1 aliphatic rings. The van der Waals surface area contributed by atoms with Crippen LogP contribution in [-0.2, 0) is 13.0 Å². The molecule has 2 aromatic carbocycles. The summed E-state index contributed by atoms with van der Waals surface area (Å²) in [6.45, 7) is 1.07. The zero-order chi connectivity index (χ0) is 16.9. The van der Waals surface area contributed by atoms with Crippen molar-refractivity contribution in [1.29, 1.82) is 0 Å². The Balaban J connectivity index is 1.51. The van der Waals surface area contributed by atoms with Crippen LogP contribution in [0, 0.1) is 0 Å². The van der Waals surface area contributed by atoms with E-state index in [0.717, 1.165) is 23.4 Å². The van der Waals surface area contributed by atoms with Crippen LogP contribution in [0.1, 0.15) is 27.9 Å². The highest BCUT2D eigenvalue weighted by Crippen LogP contribution is 2.20. The van der Waals surface area contributed by atoms with Gasteiger partial charge in [0.25, 0.3) is 5.91 Å². The molecule has 124 valence electrons. The van der Waals surface area contributed by atoms with Gasteiger partial charge in [-0.2, -0.15) is 0 Å². The summed E-state index contributed by atoms with van der Waals surface area (Å²) < 4.78 is 0. The van der Waals surface area contributed by atoms with Crippen LogP contribution in [0.3, 0.4) is 0 Å². The summed E-state index contributed by atoms with van der Waals surface area (Å²) in [4.78, 5) is 23.6. The predicted octanol–water partition coefficient (Wildman–Crippen LogP) is 3.34. The number of rotatable bonds is 5. The van der Waals surface area contributed by atoms with Gasteiger partial charge in [0.15, 0.2) is 0 Å². The molecule has 0 bridgehead atoms. The molecule has 1 heterocycles.